The predicted octanol–water partition coefficient (Wildman–Crippen LogP) is 5.79. The molecule has 0 unspecified atom stereocenters. The van der Waals surface area contributed by atoms with E-state index in [1.54, 1.807) is 6.07 Å². The summed E-state index contributed by atoms with van der Waals surface area (Å²) in [6.07, 6.45) is 1.44. The van der Waals surface area contributed by atoms with Crippen LogP contribution in [0, 0.1) is 24.1 Å². The Balaban J connectivity index is 1.72. The highest BCUT2D eigenvalue weighted by Gasteiger charge is 2.16. The van der Waals surface area contributed by atoms with Crippen LogP contribution >= 0.6 is 0 Å². The lowest BCUT2D eigenvalue weighted by atomic mass is 10.1. The molecule has 0 fully saturated rings. The minimum absolute atomic E-state index is 0.0193. The first-order valence-electron chi connectivity index (χ1n) is 9.69. The average Bonchev–Trinajstić information content (AvgIpc) is 2.79. The highest BCUT2D eigenvalue weighted by atomic mass is 19.1. The van der Waals surface area contributed by atoms with Gasteiger partial charge in [-0.15, -0.1) is 0 Å². The van der Waals surface area contributed by atoms with Crippen LogP contribution in [0.3, 0.4) is 0 Å². The van der Waals surface area contributed by atoms with Gasteiger partial charge in [0, 0.05) is 11.3 Å². The molecule has 0 spiro atoms. The molecule has 152 valence electrons. The van der Waals surface area contributed by atoms with Crippen LogP contribution in [0.15, 0.2) is 79.1 Å². The van der Waals surface area contributed by atoms with Gasteiger partial charge in [0.15, 0.2) is 11.6 Å². The molecule has 0 radical (unpaired) electrons. The van der Waals surface area contributed by atoms with Crippen LogP contribution in [0.25, 0.3) is 11.3 Å². The monoisotopic (exact) mass is 410 g/mol. The van der Waals surface area contributed by atoms with E-state index in [9.17, 15) is 4.39 Å². The Labute approximate surface area is 179 Å². The molecule has 1 heterocycles. The maximum atomic E-state index is 14.1. The summed E-state index contributed by atoms with van der Waals surface area (Å²) in [6, 6.07) is 23.8. The topological polar surface area (TPSA) is 70.8 Å². The van der Waals surface area contributed by atoms with Gasteiger partial charge in [-0.05, 0) is 30.7 Å². The summed E-state index contributed by atoms with van der Waals surface area (Å²) in [5, 5.41) is 12.0. The van der Waals surface area contributed by atoms with Crippen LogP contribution in [0.4, 0.5) is 15.9 Å². The number of halogens is 1. The molecule has 31 heavy (non-hydrogen) atoms. The number of hydrogen-bond donors (Lipinski definition) is 1. The molecule has 1 aromatic heterocycles. The molecule has 4 aromatic rings. The summed E-state index contributed by atoms with van der Waals surface area (Å²) >= 11 is 0. The van der Waals surface area contributed by atoms with Crippen molar-refractivity contribution in [2.45, 2.75) is 13.5 Å². The first-order valence-corrected chi connectivity index (χ1v) is 9.69. The molecule has 0 atom stereocenters. The summed E-state index contributed by atoms with van der Waals surface area (Å²) in [6.45, 7) is 2.34. The number of nitrogens with one attached hydrogen (secondary N) is 1. The van der Waals surface area contributed by atoms with E-state index in [-0.39, 0.29) is 5.56 Å². The highest BCUT2D eigenvalue weighted by Crippen LogP contribution is 2.35. The molecular formula is C25H19FN4O. The maximum Gasteiger partial charge on any atom is 0.188 e. The van der Waals surface area contributed by atoms with Gasteiger partial charge in [-0.3, -0.25) is 0 Å². The van der Waals surface area contributed by atoms with Gasteiger partial charge < -0.3 is 10.1 Å². The summed E-state index contributed by atoms with van der Waals surface area (Å²) < 4.78 is 20.2. The number of ether oxygens (including phenoxy) is 1. The van der Waals surface area contributed by atoms with Gasteiger partial charge in [0.2, 0.25) is 0 Å². The van der Waals surface area contributed by atoms with Gasteiger partial charge in [0.25, 0.3) is 0 Å². The number of aryl methyl sites for hydroxylation is 1. The zero-order chi connectivity index (χ0) is 21.6. The van der Waals surface area contributed by atoms with Crippen molar-refractivity contribution in [2.75, 3.05) is 5.32 Å². The fraction of sp³-hybridized carbons (Fsp3) is 0.0800. The molecule has 0 saturated heterocycles. The Bertz CT molecular complexity index is 1230. The van der Waals surface area contributed by atoms with Gasteiger partial charge in [-0.1, -0.05) is 60.2 Å². The average molecular weight is 410 g/mol. The van der Waals surface area contributed by atoms with Gasteiger partial charge in [0.05, 0.1) is 5.56 Å². The van der Waals surface area contributed by atoms with Gasteiger partial charge in [0.1, 0.15) is 30.5 Å². The summed E-state index contributed by atoms with van der Waals surface area (Å²) in [4.78, 5) is 8.77. The number of hydrogen-bond acceptors (Lipinski definition) is 5. The fourth-order valence-corrected chi connectivity index (χ4v) is 3.07. The Hall–Kier alpha value is -4.24. The van der Waals surface area contributed by atoms with Crippen molar-refractivity contribution in [1.82, 2.24) is 9.97 Å². The lowest BCUT2D eigenvalue weighted by molar-refractivity contribution is 0.307. The summed E-state index contributed by atoms with van der Waals surface area (Å²) in [7, 11) is 0. The standard InChI is InChI=1S/C25H19FN4O/c1-17-7-9-19(10-8-17)23-24(31-15-18-5-3-2-4-6-18)25(29-16-28-23)30-21-12-11-20(14-27)22(26)13-21/h2-13,16H,15H2,1H3,(H,28,29,30). The maximum absolute atomic E-state index is 14.1. The second kappa shape index (κ2) is 9.06. The fourth-order valence-electron chi connectivity index (χ4n) is 3.07. The van der Waals surface area contributed by atoms with E-state index in [4.69, 9.17) is 10.00 Å². The Morgan fingerprint density at radius 1 is 1.00 bits per heavy atom. The van der Waals surface area contributed by atoms with E-state index in [0.29, 0.717) is 29.6 Å². The van der Waals surface area contributed by atoms with Crippen LogP contribution < -0.4 is 10.1 Å². The van der Waals surface area contributed by atoms with Crippen molar-refractivity contribution in [1.29, 1.82) is 5.26 Å². The van der Waals surface area contributed by atoms with Crippen LogP contribution in [-0.4, -0.2) is 9.97 Å². The van der Waals surface area contributed by atoms with E-state index in [1.165, 1.54) is 18.5 Å². The van der Waals surface area contributed by atoms with E-state index < -0.39 is 5.82 Å². The highest BCUT2D eigenvalue weighted by molar-refractivity contribution is 5.75. The molecule has 6 heteroatoms. The number of rotatable bonds is 6. The van der Waals surface area contributed by atoms with Crippen molar-refractivity contribution in [3.05, 3.63) is 102 Å². The van der Waals surface area contributed by atoms with Crippen LogP contribution in [0.1, 0.15) is 16.7 Å². The first-order chi connectivity index (χ1) is 15.1. The Kier molecular flexibility index (Phi) is 5.86. The van der Waals surface area contributed by atoms with Crippen LogP contribution in [0.2, 0.25) is 0 Å². The van der Waals surface area contributed by atoms with E-state index in [1.807, 2.05) is 67.6 Å². The van der Waals surface area contributed by atoms with Crippen molar-refractivity contribution >= 4 is 11.5 Å². The normalized spacial score (nSPS) is 10.4. The molecule has 1 N–H and O–H groups in total. The smallest absolute Gasteiger partial charge is 0.188 e. The molecule has 0 aliphatic rings. The van der Waals surface area contributed by atoms with Crippen molar-refractivity contribution < 1.29 is 9.13 Å². The third kappa shape index (κ3) is 4.68. The second-order valence-electron chi connectivity index (χ2n) is 6.97. The summed E-state index contributed by atoms with van der Waals surface area (Å²) in [5.41, 5.74) is 4.07. The van der Waals surface area contributed by atoms with E-state index in [2.05, 4.69) is 15.3 Å². The minimum atomic E-state index is -0.605. The van der Waals surface area contributed by atoms with Gasteiger partial charge >= 0.3 is 0 Å². The molecule has 0 aliphatic heterocycles. The van der Waals surface area contributed by atoms with Crippen molar-refractivity contribution in [2.24, 2.45) is 0 Å². The molecule has 4 rings (SSSR count). The molecule has 0 saturated carbocycles. The molecular weight excluding hydrogens is 391 g/mol. The summed E-state index contributed by atoms with van der Waals surface area (Å²) in [5.74, 6) is 0.262. The number of anilines is 2. The Morgan fingerprint density at radius 2 is 1.77 bits per heavy atom. The van der Waals surface area contributed by atoms with E-state index >= 15 is 0 Å². The molecule has 3 aromatic carbocycles. The van der Waals surface area contributed by atoms with Crippen LogP contribution in [-0.2, 0) is 6.61 Å². The number of aromatic nitrogens is 2. The first kappa shape index (κ1) is 20.0. The number of nitriles is 1. The van der Waals surface area contributed by atoms with Crippen molar-refractivity contribution in [3.8, 4) is 23.1 Å². The zero-order valence-electron chi connectivity index (χ0n) is 16.8. The largest absolute Gasteiger partial charge is 0.483 e. The Morgan fingerprint density at radius 3 is 2.48 bits per heavy atom. The molecule has 0 amide bonds. The molecule has 0 aliphatic carbocycles. The molecule has 0 bridgehead atoms. The predicted molar refractivity (Wildman–Crippen MR) is 117 cm³/mol. The van der Waals surface area contributed by atoms with Crippen molar-refractivity contribution in [3.63, 3.8) is 0 Å². The minimum Gasteiger partial charge on any atom is -0.483 e. The number of nitrogens with zero attached hydrogens (tertiary/aromatic N) is 3. The quantitative estimate of drug-likeness (QED) is 0.436. The van der Waals surface area contributed by atoms with Gasteiger partial charge in [-0.2, -0.15) is 5.26 Å². The number of benzene rings is 3. The van der Waals surface area contributed by atoms with E-state index in [0.717, 1.165) is 16.7 Å². The SMILES string of the molecule is Cc1ccc(-c2ncnc(Nc3ccc(C#N)c(F)c3)c2OCc2ccccc2)cc1. The zero-order valence-corrected chi connectivity index (χ0v) is 16.8. The van der Waals surface area contributed by atoms with Gasteiger partial charge in [-0.25, -0.2) is 14.4 Å². The second-order valence-corrected chi connectivity index (χ2v) is 6.97. The third-order valence-corrected chi connectivity index (χ3v) is 4.71. The lowest BCUT2D eigenvalue weighted by Crippen LogP contribution is -2.04. The third-order valence-electron chi connectivity index (χ3n) is 4.71. The lowest BCUT2D eigenvalue weighted by Gasteiger charge is -2.16. The van der Waals surface area contributed by atoms with Crippen LogP contribution in [0.5, 0.6) is 5.75 Å². The molecule has 5 nitrogen and oxygen atoms in total.